The number of nitrogens with one attached hydrogen (secondary N) is 2. The van der Waals surface area contributed by atoms with Crippen LogP contribution in [0.5, 0.6) is 0 Å². The van der Waals surface area contributed by atoms with Gasteiger partial charge in [0.05, 0.1) is 23.0 Å². The molecule has 2 rings (SSSR count). The van der Waals surface area contributed by atoms with E-state index in [0.29, 0.717) is 5.69 Å². The maximum Gasteiger partial charge on any atom is 0.148 e. The molecule has 13 heavy (non-hydrogen) atoms. The lowest BCUT2D eigenvalue weighted by atomic mass is 10.1. The number of halogens is 1. The normalized spacial score (nSPS) is 10.7. The Hall–Kier alpha value is -1.58. The average Bonchev–Trinajstić information content (AvgIpc) is 2.53. The van der Waals surface area contributed by atoms with Gasteiger partial charge in [0.1, 0.15) is 5.82 Å². The van der Waals surface area contributed by atoms with Crippen molar-refractivity contribution in [3.05, 3.63) is 23.8 Å². The van der Waals surface area contributed by atoms with E-state index in [1.54, 1.807) is 13.4 Å². The summed E-state index contributed by atoms with van der Waals surface area (Å²) in [5, 5.41) is 2.82. The van der Waals surface area contributed by atoms with E-state index in [4.69, 9.17) is 0 Å². The SMILES string of the molecule is CNc1c(F)cc2[nH]cnc2c1C. The molecule has 0 atom stereocenters. The van der Waals surface area contributed by atoms with Crippen LogP contribution in [0, 0.1) is 12.7 Å². The topological polar surface area (TPSA) is 40.7 Å². The number of fused-ring (bicyclic) bond motifs is 1. The molecule has 0 radical (unpaired) electrons. The number of benzene rings is 1. The number of imidazole rings is 1. The van der Waals surface area contributed by atoms with Crippen molar-refractivity contribution in [3.63, 3.8) is 0 Å². The Kier molecular flexibility index (Phi) is 1.69. The fraction of sp³-hybridized carbons (Fsp3) is 0.222. The Labute approximate surface area is 75.0 Å². The molecule has 1 aromatic carbocycles. The van der Waals surface area contributed by atoms with Gasteiger partial charge in [0.15, 0.2) is 0 Å². The van der Waals surface area contributed by atoms with Gasteiger partial charge in [-0.3, -0.25) is 0 Å². The smallest absolute Gasteiger partial charge is 0.148 e. The molecule has 0 aliphatic rings. The molecule has 1 heterocycles. The fourth-order valence-corrected chi connectivity index (χ4v) is 1.52. The quantitative estimate of drug-likeness (QED) is 0.703. The van der Waals surface area contributed by atoms with Crippen molar-refractivity contribution < 1.29 is 4.39 Å². The van der Waals surface area contributed by atoms with E-state index in [-0.39, 0.29) is 5.82 Å². The number of H-pyrrole nitrogens is 1. The summed E-state index contributed by atoms with van der Waals surface area (Å²) in [7, 11) is 1.70. The van der Waals surface area contributed by atoms with Crippen LogP contribution in [-0.4, -0.2) is 17.0 Å². The minimum atomic E-state index is -0.253. The van der Waals surface area contributed by atoms with Crippen molar-refractivity contribution in [2.45, 2.75) is 6.92 Å². The molecule has 0 fully saturated rings. The van der Waals surface area contributed by atoms with Gasteiger partial charge in [-0.05, 0) is 6.92 Å². The van der Waals surface area contributed by atoms with Crippen LogP contribution in [0.2, 0.25) is 0 Å². The van der Waals surface area contributed by atoms with E-state index in [9.17, 15) is 4.39 Å². The van der Waals surface area contributed by atoms with Gasteiger partial charge in [0.2, 0.25) is 0 Å². The Morgan fingerprint density at radius 1 is 1.54 bits per heavy atom. The van der Waals surface area contributed by atoms with Crippen molar-refractivity contribution in [2.75, 3.05) is 12.4 Å². The van der Waals surface area contributed by atoms with Crippen LogP contribution in [0.3, 0.4) is 0 Å². The minimum absolute atomic E-state index is 0.253. The molecule has 0 aliphatic carbocycles. The van der Waals surface area contributed by atoms with Crippen molar-refractivity contribution in [1.29, 1.82) is 0 Å². The van der Waals surface area contributed by atoms with Crippen molar-refractivity contribution in [2.24, 2.45) is 0 Å². The molecule has 68 valence electrons. The summed E-state index contributed by atoms with van der Waals surface area (Å²) in [6.45, 7) is 1.85. The number of hydrogen-bond donors (Lipinski definition) is 2. The summed E-state index contributed by atoms with van der Waals surface area (Å²) in [5.41, 5.74) is 2.89. The molecule has 0 spiro atoms. The summed E-state index contributed by atoms with van der Waals surface area (Å²) in [5.74, 6) is -0.253. The molecule has 4 heteroatoms. The Morgan fingerprint density at radius 3 is 3.00 bits per heavy atom. The highest BCUT2D eigenvalue weighted by Gasteiger charge is 2.09. The molecule has 0 saturated carbocycles. The van der Waals surface area contributed by atoms with E-state index >= 15 is 0 Å². The summed E-state index contributed by atoms with van der Waals surface area (Å²) in [6.07, 6.45) is 1.57. The van der Waals surface area contributed by atoms with Crippen LogP contribution in [0.25, 0.3) is 11.0 Å². The van der Waals surface area contributed by atoms with Crippen molar-refractivity contribution in [1.82, 2.24) is 9.97 Å². The standard InChI is InChI=1S/C9H10FN3/c1-5-8(11-2)6(10)3-7-9(5)13-4-12-7/h3-4,11H,1-2H3,(H,12,13). The summed E-state index contributed by atoms with van der Waals surface area (Å²) < 4.78 is 13.3. The molecular weight excluding hydrogens is 169 g/mol. The highest BCUT2D eigenvalue weighted by atomic mass is 19.1. The van der Waals surface area contributed by atoms with Gasteiger partial charge in [-0.2, -0.15) is 0 Å². The van der Waals surface area contributed by atoms with E-state index in [2.05, 4.69) is 15.3 Å². The number of aromatic nitrogens is 2. The zero-order valence-electron chi connectivity index (χ0n) is 7.48. The Bertz CT molecular complexity index is 447. The monoisotopic (exact) mass is 179 g/mol. The number of hydrogen-bond acceptors (Lipinski definition) is 2. The number of anilines is 1. The highest BCUT2D eigenvalue weighted by Crippen LogP contribution is 2.25. The maximum absolute atomic E-state index is 13.3. The molecule has 0 unspecified atom stereocenters. The lowest BCUT2D eigenvalue weighted by Crippen LogP contribution is -1.96. The summed E-state index contributed by atoms with van der Waals surface area (Å²) in [4.78, 5) is 6.98. The summed E-state index contributed by atoms with van der Waals surface area (Å²) in [6, 6.07) is 1.45. The molecule has 0 aliphatic heterocycles. The van der Waals surface area contributed by atoms with Gasteiger partial charge < -0.3 is 10.3 Å². The van der Waals surface area contributed by atoms with E-state index in [1.807, 2.05) is 6.92 Å². The van der Waals surface area contributed by atoms with Gasteiger partial charge in [0.25, 0.3) is 0 Å². The van der Waals surface area contributed by atoms with Gasteiger partial charge in [0, 0.05) is 18.7 Å². The van der Waals surface area contributed by atoms with Gasteiger partial charge in [-0.1, -0.05) is 0 Å². The van der Waals surface area contributed by atoms with E-state index in [0.717, 1.165) is 16.6 Å². The van der Waals surface area contributed by atoms with Crippen LogP contribution >= 0.6 is 0 Å². The van der Waals surface area contributed by atoms with Crippen LogP contribution in [0.1, 0.15) is 5.56 Å². The van der Waals surface area contributed by atoms with Gasteiger partial charge in [-0.25, -0.2) is 9.37 Å². The van der Waals surface area contributed by atoms with Crippen LogP contribution < -0.4 is 5.32 Å². The van der Waals surface area contributed by atoms with E-state index < -0.39 is 0 Å². The van der Waals surface area contributed by atoms with Crippen molar-refractivity contribution >= 4 is 16.7 Å². The first-order valence-corrected chi connectivity index (χ1v) is 4.04. The predicted octanol–water partition coefficient (Wildman–Crippen LogP) is 2.05. The Balaban J connectivity index is 2.85. The number of nitrogens with zero attached hydrogens (tertiary/aromatic N) is 1. The third-order valence-corrected chi connectivity index (χ3v) is 2.16. The zero-order chi connectivity index (χ0) is 9.42. The maximum atomic E-state index is 13.3. The lowest BCUT2D eigenvalue weighted by molar-refractivity contribution is 0.632. The molecule has 0 amide bonds. The second-order valence-corrected chi connectivity index (χ2v) is 2.91. The molecule has 2 aromatic rings. The van der Waals surface area contributed by atoms with E-state index in [1.165, 1.54) is 6.07 Å². The second kappa shape index (κ2) is 2.73. The minimum Gasteiger partial charge on any atom is -0.385 e. The van der Waals surface area contributed by atoms with Crippen LogP contribution in [-0.2, 0) is 0 Å². The number of rotatable bonds is 1. The molecule has 3 nitrogen and oxygen atoms in total. The predicted molar refractivity (Wildman–Crippen MR) is 50.3 cm³/mol. The molecule has 0 saturated heterocycles. The lowest BCUT2D eigenvalue weighted by Gasteiger charge is -2.06. The second-order valence-electron chi connectivity index (χ2n) is 2.91. The molecule has 1 aromatic heterocycles. The molecular formula is C9H10FN3. The fourth-order valence-electron chi connectivity index (χ4n) is 1.52. The molecule has 2 N–H and O–H groups in total. The zero-order valence-corrected chi connectivity index (χ0v) is 7.48. The van der Waals surface area contributed by atoms with Gasteiger partial charge >= 0.3 is 0 Å². The highest BCUT2D eigenvalue weighted by molar-refractivity contribution is 5.84. The van der Waals surface area contributed by atoms with Crippen molar-refractivity contribution in [3.8, 4) is 0 Å². The summed E-state index contributed by atoms with van der Waals surface area (Å²) >= 11 is 0. The first kappa shape index (κ1) is 8.04. The van der Waals surface area contributed by atoms with Gasteiger partial charge in [-0.15, -0.1) is 0 Å². The first-order valence-electron chi connectivity index (χ1n) is 4.04. The third-order valence-electron chi connectivity index (χ3n) is 2.16. The number of aromatic amines is 1. The molecule has 0 bridgehead atoms. The number of aryl methyl sites for hydroxylation is 1. The van der Waals surface area contributed by atoms with Crippen LogP contribution in [0.15, 0.2) is 12.4 Å². The van der Waals surface area contributed by atoms with Crippen LogP contribution in [0.4, 0.5) is 10.1 Å². The largest absolute Gasteiger partial charge is 0.385 e. The average molecular weight is 179 g/mol. The first-order chi connectivity index (χ1) is 6.24. The third kappa shape index (κ3) is 1.06. The Morgan fingerprint density at radius 2 is 2.31 bits per heavy atom.